The molecule has 0 radical (unpaired) electrons. The maximum Gasteiger partial charge on any atom is 0.345 e. The van der Waals surface area contributed by atoms with Crippen molar-refractivity contribution in [3.05, 3.63) is 0 Å². The molecule has 1 heterocycles. The molecule has 7 heteroatoms. The van der Waals surface area contributed by atoms with Crippen LogP contribution in [0.5, 0.6) is 0 Å². The van der Waals surface area contributed by atoms with Crippen molar-refractivity contribution in [3.63, 3.8) is 0 Å². The Bertz CT molecular complexity index is 115. The standard InChI is InChI=1S/C3H8O5P2/c1-3(2)6-10(7-3)8-9(4)5/h4-5H,1-2H3. The first-order chi connectivity index (χ1) is 4.49. The molecule has 0 bridgehead atoms. The lowest BCUT2D eigenvalue weighted by Gasteiger charge is -2.39. The van der Waals surface area contributed by atoms with Crippen LogP contribution in [0.2, 0.25) is 0 Å². The van der Waals surface area contributed by atoms with E-state index in [0.717, 1.165) is 0 Å². The third kappa shape index (κ3) is 2.36. The molecule has 10 heavy (non-hydrogen) atoms. The van der Waals surface area contributed by atoms with Gasteiger partial charge in [-0.15, -0.1) is 0 Å². The number of hydrogen-bond donors (Lipinski definition) is 2. The van der Waals surface area contributed by atoms with Gasteiger partial charge in [-0.25, -0.2) is 4.31 Å². The van der Waals surface area contributed by atoms with Crippen LogP contribution in [0.25, 0.3) is 0 Å². The molecule has 0 spiro atoms. The van der Waals surface area contributed by atoms with Gasteiger partial charge in [0.15, 0.2) is 5.79 Å². The minimum absolute atomic E-state index is 0.628. The third-order valence-electron chi connectivity index (χ3n) is 0.728. The lowest BCUT2D eigenvalue weighted by molar-refractivity contribution is -0.168. The Morgan fingerprint density at radius 1 is 1.40 bits per heavy atom. The van der Waals surface area contributed by atoms with Crippen LogP contribution in [0.4, 0.5) is 0 Å². The molecule has 1 rings (SSSR count). The molecule has 0 aromatic rings. The van der Waals surface area contributed by atoms with Crippen molar-refractivity contribution in [3.8, 4) is 0 Å². The zero-order chi connectivity index (χ0) is 7.78. The van der Waals surface area contributed by atoms with Crippen molar-refractivity contribution >= 4 is 17.2 Å². The third-order valence-corrected chi connectivity index (χ3v) is 3.02. The zero-order valence-corrected chi connectivity index (χ0v) is 7.30. The molecule has 1 aliphatic rings. The number of hydrogen-bond acceptors (Lipinski definition) is 5. The predicted octanol–water partition coefficient (Wildman–Crippen LogP) is 1.22. The monoisotopic (exact) mass is 186 g/mol. The highest BCUT2D eigenvalue weighted by Gasteiger charge is 2.42. The normalized spacial score (nSPS) is 24.9. The molecule has 0 amide bonds. The first kappa shape index (κ1) is 8.75. The average molecular weight is 186 g/mol. The molecule has 2 N–H and O–H groups in total. The summed E-state index contributed by atoms with van der Waals surface area (Å²) in [6.07, 6.45) is 0. The lowest BCUT2D eigenvalue weighted by Crippen LogP contribution is -2.33. The van der Waals surface area contributed by atoms with Gasteiger partial charge in [0.25, 0.3) is 0 Å². The highest BCUT2D eigenvalue weighted by molar-refractivity contribution is 7.55. The van der Waals surface area contributed by atoms with E-state index in [-0.39, 0.29) is 0 Å². The Morgan fingerprint density at radius 3 is 2.20 bits per heavy atom. The van der Waals surface area contributed by atoms with E-state index >= 15 is 0 Å². The highest BCUT2D eigenvalue weighted by Crippen LogP contribution is 2.62. The summed E-state index contributed by atoms with van der Waals surface area (Å²) >= 11 is 0. The van der Waals surface area contributed by atoms with Gasteiger partial charge in [0.1, 0.15) is 0 Å². The SMILES string of the molecule is CC1(C)OP(OP(O)O)O1. The van der Waals surface area contributed by atoms with Crippen molar-refractivity contribution in [2.45, 2.75) is 19.6 Å². The van der Waals surface area contributed by atoms with Crippen LogP contribution in [0.1, 0.15) is 13.8 Å². The largest absolute Gasteiger partial charge is 0.345 e. The van der Waals surface area contributed by atoms with Crippen LogP contribution in [-0.4, -0.2) is 15.6 Å². The van der Waals surface area contributed by atoms with E-state index in [2.05, 4.69) is 4.31 Å². The van der Waals surface area contributed by atoms with Gasteiger partial charge in [-0.3, -0.25) is 9.05 Å². The fourth-order valence-corrected chi connectivity index (χ4v) is 1.93. The summed E-state index contributed by atoms with van der Waals surface area (Å²) in [5, 5.41) is 0. The van der Waals surface area contributed by atoms with Gasteiger partial charge in [0, 0.05) is 0 Å². The first-order valence-electron chi connectivity index (χ1n) is 2.54. The molecule has 0 atom stereocenters. The maximum atomic E-state index is 8.31. The Kier molecular flexibility index (Phi) is 2.59. The molecule has 0 aliphatic carbocycles. The Balaban J connectivity index is 2.15. The second-order valence-corrected chi connectivity index (χ2v) is 4.11. The van der Waals surface area contributed by atoms with Crippen LogP contribution in [0.3, 0.4) is 0 Å². The van der Waals surface area contributed by atoms with E-state index < -0.39 is 23.0 Å². The molecule has 1 saturated heterocycles. The fraction of sp³-hybridized carbons (Fsp3) is 1.00. The molecule has 60 valence electrons. The molecule has 0 aromatic heterocycles. The summed E-state index contributed by atoms with van der Waals surface area (Å²) < 4.78 is 14.3. The summed E-state index contributed by atoms with van der Waals surface area (Å²) in [5.74, 6) is -0.628. The summed E-state index contributed by atoms with van der Waals surface area (Å²) in [6.45, 7) is 3.43. The van der Waals surface area contributed by atoms with Crippen LogP contribution in [0.15, 0.2) is 0 Å². The van der Waals surface area contributed by atoms with Gasteiger partial charge < -0.3 is 9.79 Å². The van der Waals surface area contributed by atoms with E-state index in [1.807, 2.05) is 0 Å². The van der Waals surface area contributed by atoms with Crippen molar-refractivity contribution < 1.29 is 23.1 Å². The number of rotatable bonds is 2. The van der Waals surface area contributed by atoms with Gasteiger partial charge in [-0.05, 0) is 13.8 Å². The van der Waals surface area contributed by atoms with Gasteiger partial charge >= 0.3 is 17.2 Å². The first-order valence-corrected chi connectivity index (χ1v) is 4.80. The second-order valence-electron chi connectivity index (χ2n) is 2.14. The van der Waals surface area contributed by atoms with Crippen LogP contribution >= 0.6 is 17.2 Å². The maximum absolute atomic E-state index is 8.31. The molecular formula is C3H8O5P2. The molecule has 0 unspecified atom stereocenters. The predicted molar refractivity (Wildman–Crippen MR) is 35.6 cm³/mol. The van der Waals surface area contributed by atoms with E-state index in [4.69, 9.17) is 18.8 Å². The quantitative estimate of drug-likeness (QED) is 0.634. The van der Waals surface area contributed by atoms with Gasteiger partial charge in [-0.2, -0.15) is 0 Å². The van der Waals surface area contributed by atoms with Crippen LogP contribution < -0.4 is 0 Å². The van der Waals surface area contributed by atoms with Crippen molar-refractivity contribution in [1.82, 2.24) is 0 Å². The Morgan fingerprint density at radius 2 is 1.90 bits per heavy atom. The summed E-state index contributed by atoms with van der Waals surface area (Å²) in [6, 6.07) is 0. The smallest absolute Gasteiger partial charge is 0.328 e. The fourth-order valence-electron chi connectivity index (χ4n) is 0.459. The van der Waals surface area contributed by atoms with Gasteiger partial charge in [0.2, 0.25) is 0 Å². The van der Waals surface area contributed by atoms with Crippen molar-refractivity contribution in [2.75, 3.05) is 0 Å². The van der Waals surface area contributed by atoms with Gasteiger partial charge in [0.05, 0.1) is 0 Å². The van der Waals surface area contributed by atoms with E-state index in [1.165, 1.54) is 0 Å². The summed E-state index contributed by atoms with van der Waals surface area (Å²) in [5.41, 5.74) is 0. The molecular weight excluding hydrogens is 178 g/mol. The van der Waals surface area contributed by atoms with Crippen LogP contribution in [-0.2, 0) is 13.4 Å². The topological polar surface area (TPSA) is 68.2 Å². The van der Waals surface area contributed by atoms with Gasteiger partial charge in [-0.1, -0.05) is 0 Å². The minimum Gasteiger partial charge on any atom is -0.328 e. The molecule has 1 fully saturated rings. The Hall–Kier alpha value is 0.660. The van der Waals surface area contributed by atoms with E-state index in [1.54, 1.807) is 13.8 Å². The summed E-state index contributed by atoms with van der Waals surface area (Å²) in [7, 11) is -3.85. The lowest BCUT2D eigenvalue weighted by atomic mass is 10.4. The van der Waals surface area contributed by atoms with E-state index in [9.17, 15) is 0 Å². The zero-order valence-electron chi connectivity index (χ0n) is 5.51. The van der Waals surface area contributed by atoms with Crippen LogP contribution in [0, 0.1) is 0 Å². The van der Waals surface area contributed by atoms with E-state index in [0.29, 0.717) is 0 Å². The average Bonchev–Trinajstić information content (AvgIpc) is 1.57. The Labute approximate surface area is 60.9 Å². The molecule has 0 aromatic carbocycles. The minimum atomic E-state index is -2.36. The highest BCUT2D eigenvalue weighted by atomic mass is 31.2. The van der Waals surface area contributed by atoms with Crippen molar-refractivity contribution in [2.24, 2.45) is 0 Å². The van der Waals surface area contributed by atoms with Crippen molar-refractivity contribution in [1.29, 1.82) is 0 Å². The molecule has 5 nitrogen and oxygen atoms in total. The molecule has 1 aliphatic heterocycles. The molecule has 0 saturated carbocycles. The summed E-state index contributed by atoms with van der Waals surface area (Å²) in [4.78, 5) is 16.6. The second kappa shape index (κ2) is 2.95.